The molecule has 2 aromatic rings. The molecule has 0 saturated heterocycles. The second-order valence-corrected chi connectivity index (χ2v) is 4.01. The summed E-state index contributed by atoms with van der Waals surface area (Å²) in [5, 5.41) is 9.12. The van der Waals surface area contributed by atoms with E-state index in [0.717, 1.165) is 11.1 Å². The summed E-state index contributed by atoms with van der Waals surface area (Å²) >= 11 is 0. The van der Waals surface area contributed by atoms with Gasteiger partial charge in [0.15, 0.2) is 17.2 Å². The molecule has 2 rings (SSSR count). The fourth-order valence-electron chi connectivity index (χ4n) is 1.56. The zero-order valence-electron chi connectivity index (χ0n) is 9.65. The summed E-state index contributed by atoms with van der Waals surface area (Å²) in [4.78, 5) is 4.37. The molecule has 4 heteroatoms. The molecule has 16 heavy (non-hydrogen) atoms. The molecule has 4 nitrogen and oxygen atoms in total. The van der Waals surface area contributed by atoms with Gasteiger partial charge >= 0.3 is 0 Å². The summed E-state index contributed by atoms with van der Waals surface area (Å²) in [5.74, 6) is 1.53. The third kappa shape index (κ3) is 1.76. The summed E-state index contributed by atoms with van der Waals surface area (Å²) in [7, 11) is 1.58. The quantitative estimate of drug-likeness (QED) is 0.864. The summed E-state index contributed by atoms with van der Waals surface area (Å²) in [5.41, 5.74) is 2.14. The van der Waals surface area contributed by atoms with Gasteiger partial charge in [-0.05, 0) is 17.7 Å². The standard InChI is InChI=1S/C12H15NO3/c1-7(2)12-13-9-4-8(6-14)5-10(15-3)11(9)16-12/h4-5,7,14H,6H2,1-3H3. The molecular formula is C12H15NO3. The average Bonchev–Trinajstić information content (AvgIpc) is 2.71. The topological polar surface area (TPSA) is 55.5 Å². The molecule has 0 fully saturated rings. The van der Waals surface area contributed by atoms with Crippen molar-refractivity contribution in [1.29, 1.82) is 0 Å². The first-order valence-electron chi connectivity index (χ1n) is 5.24. The Morgan fingerprint density at radius 3 is 2.75 bits per heavy atom. The highest BCUT2D eigenvalue weighted by molar-refractivity contribution is 5.80. The zero-order valence-corrected chi connectivity index (χ0v) is 9.65. The lowest BCUT2D eigenvalue weighted by atomic mass is 10.2. The van der Waals surface area contributed by atoms with Crippen molar-refractivity contribution in [2.75, 3.05) is 7.11 Å². The molecule has 0 amide bonds. The van der Waals surface area contributed by atoms with Crippen molar-refractivity contribution in [3.63, 3.8) is 0 Å². The van der Waals surface area contributed by atoms with Gasteiger partial charge in [0.2, 0.25) is 0 Å². The predicted octanol–water partition coefficient (Wildman–Crippen LogP) is 2.45. The molecule has 0 radical (unpaired) electrons. The largest absolute Gasteiger partial charge is 0.493 e. The van der Waals surface area contributed by atoms with Crippen molar-refractivity contribution in [2.24, 2.45) is 0 Å². The maximum atomic E-state index is 9.12. The number of aliphatic hydroxyl groups is 1. The van der Waals surface area contributed by atoms with Crippen LogP contribution in [-0.2, 0) is 6.61 Å². The van der Waals surface area contributed by atoms with Crippen LogP contribution in [0.1, 0.15) is 31.2 Å². The van der Waals surface area contributed by atoms with Gasteiger partial charge in [-0.1, -0.05) is 13.8 Å². The van der Waals surface area contributed by atoms with Crippen LogP contribution in [-0.4, -0.2) is 17.2 Å². The number of hydrogen-bond donors (Lipinski definition) is 1. The van der Waals surface area contributed by atoms with E-state index < -0.39 is 0 Å². The van der Waals surface area contributed by atoms with E-state index in [1.54, 1.807) is 13.2 Å². The minimum absolute atomic E-state index is 0.0316. The minimum atomic E-state index is -0.0316. The van der Waals surface area contributed by atoms with Crippen LogP contribution in [0, 0.1) is 0 Å². The highest BCUT2D eigenvalue weighted by Crippen LogP contribution is 2.30. The number of aromatic nitrogens is 1. The van der Waals surface area contributed by atoms with Crippen LogP contribution in [0.25, 0.3) is 11.1 Å². The van der Waals surface area contributed by atoms with Gasteiger partial charge < -0.3 is 14.3 Å². The van der Waals surface area contributed by atoms with Gasteiger partial charge in [0.25, 0.3) is 0 Å². The van der Waals surface area contributed by atoms with Gasteiger partial charge in [0.05, 0.1) is 13.7 Å². The number of ether oxygens (including phenoxy) is 1. The SMILES string of the molecule is COc1cc(CO)cc2nc(C(C)C)oc12. The number of nitrogens with zero attached hydrogens (tertiary/aromatic N) is 1. The second kappa shape index (κ2) is 4.14. The van der Waals surface area contributed by atoms with Crippen molar-refractivity contribution in [3.05, 3.63) is 23.6 Å². The van der Waals surface area contributed by atoms with E-state index in [9.17, 15) is 0 Å². The van der Waals surface area contributed by atoms with Crippen LogP contribution in [0.5, 0.6) is 5.75 Å². The summed E-state index contributed by atoms with van der Waals surface area (Å²) < 4.78 is 10.9. The second-order valence-electron chi connectivity index (χ2n) is 4.01. The van der Waals surface area contributed by atoms with Crippen molar-refractivity contribution in [3.8, 4) is 5.75 Å². The van der Waals surface area contributed by atoms with Crippen LogP contribution in [0.2, 0.25) is 0 Å². The van der Waals surface area contributed by atoms with E-state index in [1.807, 2.05) is 19.9 Å². The molecule has 0 bridgehead atoms. The van der Waals surface area contributed by atoms with Crippen LogP contribution in [0.4, 0.5) is 0 Å². The molecule has 86 valence electrons. The monoisotopic (exact) mass is 221 g/mol. The molecule has 0 aliphatic heterocycles. The van der Waals surface area contributed by atoms with E-state index in [4.69, 9.17) is 14.3 Å². The Balaban J connectivity index is 2.65. The number of oxazole rings is 1. The lowest BCUT2D eigenvalue weighted by molar-refractivity contribution is 0.281. The van der Waals surface area contributed by atoms with Crippen LogP contribution < -0.4 is 4.74 Å². The molecular weight excluding hydrogens is 206 g/mol. The first-order chi connectivity index (χ1) is 7.65. The Morgan fingerprint density at radius 1 is 1.44 bits per heavy atom. The molecule has 1 aromatic heterocycles. The maximum Gasteiger partial charge on any atom is 0.198 e. The van der Waals surface area contributed by atoms with E-state index >= 15 is 0 Å². The Kier molecular flexibility index (Phi) is 2.83. The van der Waals surface area contributed by atoms with Crippen LogP contribution >= 0.6 is 0 Å². The number of benzene rings is 1. The molecule has 0 aliphatic rings. The fraction of sp³-hybridized carbons (Fsp3) is 0.417. The normalized spacial score (nSPS) is 11.3. The first kappa shape index (κ1) is 11.0. The lowest BCUT2D eigenvalue weighted by Gasteiger charge is -2.02. The third-order valence-corrected chi connectivity index (χ3v) is 2.43. The van der Waals surface area contributed by atoms with Gasteiger partial charge in [-0.2, -0.15) is 0 Å². The molecule has 1 aromatic carbocycles. The third-order valence-electron chi connectivity index (χ3n) is 2.43. The highest BCUT2D eigenvalue weighted by Gasteiger charge is 2.14. The number of rotatable bonds is 3. The Hall–Kier alpha value is -1.55. The van der Waals surface area contributed by atoms with Gasteiger partial charge in [-0.15, -0.1) is 0 Å². The van der Waals surface area contributed by atoms with Crippen LogP contribution in [0.15, 0.2) is 16.5 Å². The molecule has 0 aliphatic carbocycles. The van der Waals surface area contributed by atoms with Crippen molar-refractivity contribution in [1.82, 2.24) is 4.98 Å². The van der Waals surface area contributed by atoms with Gasteiger partial charge in [-0.25, -0.2) is 4.98 Å². The molecule has 1 heterocycles. The zero-order chi connectivity index (χ0) is 11.7. The average molecular weight is 221 g/mol. The molecule has 0 unspecified atom stereocenters. The van der Waals surface area contributed by atoms with Crippen molar-refractivity contribution < 1.29 is 14.3 Å². The summed E-state index contributed by atoms with van der Waals surface area (Å²) in [6, 6.07) is 3.57. The highest BCUT2D eigenvalue weighted by atomic mass is 16.5. The van der Waals surface area contributed by atoms with E-state index in [2.05, 4.69) is 4.98 Å². The van der Waals surface area contributed by atoms with Crippen LogP contribution in [0.3, 0.4) is 0 Å². The molecule has 1 N–H and O–H groups in total. The maximum absolute atomic E-state index is 9.12. The van der Waals surface area contributed by atoms with Crippen molar-refractivity contribution >= 4 is 11.1 Å². The van der Waals surface area contributed by atoms with Gasteiger partial charge in [0.1, 0.15) is 5.52 Å². The van der Waals surface area contributed by atoms with E-state index in [-0.39, 0.29) is 12.5 Å². The smallest absolute Gasteiger partial charge is 0.198 e. The first-order valence-corrected chi connectivity index (χ1v) is 5.24. The van der Waals surface area contributed by atoms with Crippen molar-refractivity contribution in [2.45, 2.75) is 26.4 Å². The Bertz CT molecular complexity index is 502. The Morgan fingerprint density at radius 2 is 2.19 bits per heavy atom. The number of methoxy groups -OCH3 is 1. The molecule has 0 atom stereocenters. The summed E-state index contributed by atoms with van der Waals surface area (Å²) in [6.07, 6.45) is 0. The lowest BCUT2D eigenvalue weighted by Crippen LogP contribution is -1.88. The van der Waals surface area contributed by atoms with E-state index in [1.165, 1.54) is 0 Å². The number of hydrogen-bond acceptors (Lipinski definition) is 4. The Labute approximate surface area is 93.9 Å². The number of aliphatic hydroxyl groups excluding tert-OH is 1. The van der Waals surface area contributed by atoms with Gasteiger partial charge in [-0.3, -0.25) is 0 Å². The molecule has 0 spiro atoms. The molecule has 0 saturated carbocycles. The van der Waals surface area contributed by atoms with E-state index in [0.29, 0.717) is 17.2 Å². The predicted molar refractivity (Wildman–Crippen MR) is 60.6 cm³/mol. The minimum Gasteiger partial charge on any atom is -0.493 e. The fourth-order valence-corrected chi connectivity index (χ4v) is 1.56. The summed E-state index contributed by atoms with van der Waals surface area (Å²) in [6.45, 7) is 4.00. The number of fused-ring (bicyclic) bond motifs is 1. The van der Waals surface area contributed by atoms with Gasteiger partial charge in [0, 0.05) is 5.92 Å².